The van der Waals surface area contributed by atoms with E-state index in [1.165, 1.54) is 27.4 Å². The minimum atomic E-state index is 0.762. The molecule has 2 N–H and O–H groups in total. The van der Waals surface area contributed by atoms with E-state index in [4.69, 9.17) is 10.8 Å². The lowest BCUT2D eigenvalue weighted by Crippen LogP contribution is -2.03. The number of hydrogen-bond donors (Lipinski definition) is 1. The second-order valence-electron chi connectivity index (χ2n) is 5.42. The van der Waals surface area contributed by atoms with Gasteiger partial charge in [-0.25, -0.2) is 4.68 Å². The molecule has 0 bridgehead atoms. The molecule has 0 saturated heterocycles. The molecule has 4 rings (SSSR count). The molecule has 4 heteroatoms. The van der Waals surface area contributed by atoms with Crippen LogP contribution in [0.5, 0.6) is 0 Å². The van der Waals surface area contributed by atoms with Gasteiger partial charge in [0.25, 0.3) is 0 Å². The first kappa shape index (κ1) is 13.5. The molecular weight excluding hydrogens is 290 g/mol. The van der Waals surface area contributed by atoms with Crippen LogP contribution in [-0.2, 0) is 12.2 Å². The van der Waals surface area contributed by atoms with Crippen molar-refractivity contribution < 1.29 is 0 Å². The van der Waals surface area contributed by atoms with Crippen LogP contribution in [0.15, 0.2) is 53.4 Å². The molecule has 22 heavy (non-hydrogen) atoms. The number of nitrogen functional groups attached to an aromatic ring is 1. The van der Waals surface area contributed by atoms with Gasteiger partial charge >= 0.3 is 0 Å². The van der Waals surface area contributed by atoms with Crippen molar-refractivity contribution >= 4 is 17.4 Å². The van der Waals surface area contributed by atoms with E-state index in [9.17, 15) is 0 Å². The Bertz CT molecular complexity index is 851. The second kappa shape index (κ2) is 5.21. The number of nitrogens with zero attached hydrogens (tertiary/aromatic N) is 2. The lowest BCUT2D eigenvalue weighted by atomic mass is 10.0. The van der Waals surface area contributed by atoms with Gasteiger partial charge in [0.1, 0.15) is 0 Å². The first-order chi connectivity index (χ1) is 10.8. The summed E-state index contributed by atoms with van der Waals surface area (Å²) in [5.74, 6) is 0.984. The Morgan fingerprint density at radius 2 is 2.05 bits per heavy atom. The maximum Gasteiger partial charge on any atom is 0.0795 e. The van der Waals surface area contributed by atoms with Crippen LogP contribution in [0.25, 0.3) is 16.9 Å². The molecule has 0 amide bonds. The molecule has 0 atom stereocenters. The third kappa shape index (κ3) is 2.03. The highest BCUT2D eigenvalue weighted by Gasteiger charge is 2.25. The van der Waals surface area contributed by atoms with Crippen LogP contribution in [0.1, 0.15) is 18.2 Å². The van der Waals surface area contributed by atoms with Gasteiger partial charge in [0, 0.05) is 27.5 Å². The number of aromatic nitrogens is 2. The third-order valence-corrected chi connectivity index (χ3v) is 5.13. The Balaban J connectivity index is 2.01. The van der Waals surface area contributed by atoms with Crippen LogP contribution in [0, 0.1) is 0 Å². The summed E-state index contributed by atoms with van der Waals surface area (Å²) in [6.07, 6.45) is 0.945. The van der Waals surface area contributed by atoms with Gasteiger partial charge < -0.3 is 5.73 Å². The highest BCUT2D eigenvalue weighted by atomic mass is 32.2. The highest BCUT2D eigenvalue weighted by molar-refractivity contribution is 7.98. The molecule has 0 unspecified atom stereocenters. The number of rotatable bonds is 2. The molecule has 2 heterocycles. The van der Waals surface area contributed by atoms with Crippen LogP contribution in [0.2, 0.25) is 0 Å². The summed E-state index contributed by atoms with van der Waals surface area (Å²) in [4.78, 5) is 1.32. The number of nitrogens with two attached hydrogens (primary N) is 1. The summed E-state index contributed by atoms with van der Waals surface area (Å²) in [6, 6.07) is 16.5. The van der Waals surface area contributed by atoms with E-state index in [1.807, 2.05) is 30.0 Å². The predicted molar refractivity (Wildman–Crippen MR) is 92.4 cm³/mol. The summed E-state index contributed by atoms with van der Waals surface area (Å²) < 4.78 is 2.06. The van der Waals surface area contributed by atoms with Crippen molar-refractivity contribution in [1.82, 2.24) is 9.78 Å². The number of aryl methyl sites for hydroxylation is 1. The molecule has 3 nitrogen and oxygen atoms in total. The zero-order valence-electron chi connectivity index (χ0n) is 12.4. The molecule has 0 fully saturated rings. The number of benzene rings is 2. The van der Waals surface area contributed by atoms with Gasteiger partial charge in [-0.15, -0.1) is 11.8 Å². The summed E-state index contributed by atoms with van der Waals surface area (Å²) in [7, 11) is 0. The smallest absolute Gasteiger partial charge is 0.0795 e. The molecule has 110 valence electrons. The fourth-order valence-electron chi connectivity index (χ4n) is 2.99. The van der Waals surface area contributed by atoms with E-state index in [1.54, 1.807) is 0 Å². The minimum Gasteiger partial charge on any atom is -0.399 e. The Hall–Kier alpha value is -2.20. The normalized spacial score (nSPS) is 12.8. The van der Waals surface area contributed by atoms with Crippen molar-refractivity contribution in [1.29, 1.82) is 0 Å². The molecular formula is C18H17N3S. The number of fused-ring (bicyclic) bond motifs is 3. The quantitative estimate of drug-likeness (QED) is 0.718. The van der Waals surface area contributed by atoms with Gasteiger partial charge in [0.15, 0.2) is 0 Å². The van der Waals surface area contributed by atoms with Crippen molar-refractivity contribution in [2.45, 2.75) is 24.0 Å². The van der Waals surface area contributed by atoms with Gasteiger partial charge in [-0.1, -0.05) is 31.2 Å². The fourth-order valence-corrected chi connectivity index (χ4v) is 4.09. The van der Waals surface area contributed by atoms with Crippen LogP contribution >= 0.6 is 11.8 Å². The van der Waals surface area contributed by atoms with Crippen LogP contribution in [0.3, 0.4) is 0 Å². The molecule has 1 aromatic heterocycles. The maximum absolute atomic E-state index is 5.96. The maximum atomic E-state index is 5.96. The zero-order valence-corrected chi connectivity index (χ0v) is 13.2. The third-order valence-electron chi connectivity index (χ3n) is 4.03. The SMILES string of the molecule is CCc1nn(-c2cccc(N)c2)c2c1CSc1ccccc1-2. The zero-order chi connectivity index (χ0) is 15.1. The van der Waals surface area contributed by atoms with E-state index in [2.05, 4.69) is 41.9 Å². The summed E-state index contributed by atoms with van der Waals surface area (Å²) in [6.45, 7) is 2.16. The molecule has 0 aliphatic carbocycles. The van der Waals surface area contributed by atoms with Crippen molar-refractivity contribution in [3.63, 3.8) is 0 Å². The molecule has 2 aromatic carbocycles. The molecule has 3 aromatic rings. The number of thioether (sulfide) groups is 1. The Morgan fingerprint density at radius 1 is 1.18 bits per heavy atom. The fraction of sp³-hybridized carbons (Fsp3) is 0.167. The Kier molecular flexibility index (Phi) is 3.19. The van der Waals surface area contributed by atoms with Crippen molar-refractivity contribution in [3.8, 4) is 16.9 Å². The minimum absolute atomic E-state index is 0.762. The van der Waals surface area contributed by atoms with Gasteiger partial charge in [0.2, 0.25) is 0 Å². The van der Waals surface area contributed by atoms with Gasteiger partial charge in [-0.2, -0.15) is 5.10 Å². The molecule has 0 spiro atoms. The standard InChI is InChI=1S/C18H17N3S/c1-2-16-15-11-22-17-9-4-3-8-14(17)18(15)21(20-16)13-7-5-6-12(19)10-13/h3-10H,2,11,19H2,1H3. The van der Waals surface area contributed by atoms with Crippen LogP contribution < -0.4 is 5.73 Å². The average Bonchev–Trinajstić information content (AvgIpc) is 2.94. The molecule has 1 aliphatic rings. The lowest BCUT2D eigenvalue weighted by molar-refractivity contribution is 0.846. The summed E-state index contributed by atoms with van der Waals surface area (Å²) >= 11 is 1.89. The average molecular weight is 307 g/mol. The first-order valence-electron chi connectivity index (χ1n) is 7.47. The van der Waals surface area contributed by atoms with Crippen LogP contribution in [-0.4, -0.2) is 9.78 Å². The van der Waals surface area contributed by atoms with Crippen LogP contribution in [0.4, 0.5) is 5.69 Å². The Morgan fingerprint density at radius 3 is 2.86 bits per heavy atom. The number of hydrogen-bond acceptors (Lipinski definition) is 3. The molecule has 0 saturated carbocycles. The van der Waals surface area contributed by atoms with Crippen molar-refractivity contribution in [3.05, 3.63) is 59.8 Å². The summed E-state index contributed by atoms with van der Waals surface area (Å²) in [5.41, 5.74) is 12.8. The largest absolute Gasteiger partial charge is 0.399 e. The van der Waals surface area contributed by atoms with Gasteiger partial charge in [-0.3, -0.25) is 0 Å². The predicted octanol–water partition coefficient (Wildman–Crippen LogP) is 4.29. The highest BCUT2D eigenvalue weighted by Crippen LogP contribution is 2.43. The van der Waals surface area contributed by atoms with E-state index in [0.29, 0.717) is 0 Å². The van der Waals surface area contributed by atoms with Crippen molar-refractivity contribution in [2.75, 3.05) is 5.73 Å². The van der Waals surface area contributed by atoms with E-state index >= 15 is 0 Å². The monoisotopic (exact) mass is 307 g/mol. The van der Waals surface area contributed by atoms with Crippen molar-refractivity contribution in [2.24, 2.45) is 0 Å². The van der Waals surface area contributed by atoms with Gasteiger partial charge in [0.05, 0.1) is 17.1 Å². The first-order valence-corrected chi connectivity index (χ1v) is 8.45. The summed E-state index contributed by atoms with van der Waals surface area (Å²) in [5, 5.41) is 4.87. The molecule has 0 radical (unpaired) electrons. The Labute approximate surface area is 134 Å². The topological polar surface area (TPSA) is 43.8 Å². The molecule has 1 aliphatic heterocycles. The lowest BCUT2D eigenvalue weighted by Gasteiger charge is -2.18. The van der Waals surface area contributed by atoms with Gasteiger partial charge in [-0.05, 0) is 30.7 Å². The van der Waals surface area contributed by atoms with E-state index in [0.717, 1.165) is 23.5 Å². The number of anilines is 1. The second-order valence-corrected chi connectivity index (χ2v) is 6.44. The van der Waals surface area contributed by atoms with E-state index in [-0.39, 0.29) is 0 Å². The van der Waals surface area contributed by atoms with E-state index < -0.39 is 0 Å².